The number of nitrogens with zero attached hydrogens (tertiary/aromatic N) is 1. The van der Waals surface area contributed by atoms with Crippen molar-refractivity contribution in [3.63, 3.8) is 0 Å². The second-order valence-electron chi connectivity index (χ2n) is 5.00. The maximum Gasteiger partial charge on any atom is 0.248 e. The molecule has 0 unspecified atom stereocenters. The van der Waals surface area contributed by atoms with E-state index in [2.05, 4.69) is 10.6 Å². The molecule has 1 aromatic carbocycles. The van der Waals surface area contributed by atoms with Gasteiger partial charge in [-0.2, -0.15) is 5.26 Å². The number of hydrogen-bond acceptors (Lipinski definition) is 3. The number of nitrogens with one attached hydrogen (secondary N) is 2. The van der Waals surface area contributed by atoms with Crippen LogP contribution in [0.1, 0.15) is 27.2 Å². The average molecular weight is 285 g/mol. The van der Waals surface area contributed by atoms with Gasteiger partial charge in [-0.3, -0.25) is 9.59 Å². The van der Waals surface area contributed by atoms with Crippen molar-refractivity contribution in [2.24, 2.45) is 5.92 Å². The fourth-order valence-corrected chi connectivity index (χ4v) is 1.50. The minimum atomic E-state index is -0.378. The first-order valence-corrected chi connectivity index (χ1v) is 6.68. The lowest BCUT2D eigenvalue weighted by molar-refractivity contribution is -0.115. The van der Waals surface area contributed by atoms with E-state index < -0.39 is 0 Å². The summed E-state index contributed by atoms with van der Waals surface area (Å²) < 4.78 is 0. The first kappa shape index (κ1) is 16.4. The van der Waals surface area contributed by atoms with E-state index in [9.17, 15) is 9.59 Å². The number of nitriles is 1. The topological polar surface area (TPSA) is 82.0 Å². The lowest BCUT2D eigenvalue weighted by atomic mass is 10.1. The van der Waals surface area contributed by atoms with Crippen molar-refractivity contribution < 1.29 is 9.59 Å². The monoisotopic (exact) mass is 285 g/mol. The highest BCUT2D eigenvalue weighted by molar-refractivity contribution is 6.00. The van der Waals surface area contributed by atoms with Gasteiger partial charge in [0.25, 0.3) is 0 Å². The Morgan fingerprint density at radius 2 is 1.90 bits per heavy atom. The second-order valence-corrected chi connectivity index (χ2v) is 5.00. The van der Waals surface area contributed by atoms with Crippen molar-refractivity contribution in [2.75, 3.05) is 10.6 Å². The van der Waals surface area contributed by atoms with Gasteiger partial charge in [0.15, 0.2) is 0 Å². The molecule has 0 aliphatic heterocycles. The Labute approximate surface area is 124 Å². The lowest BCUT2D eigenvalue weighted by Crippen LogP contribution is -2.12. The van der Waals surface area contributed by atoms with Gasteiger partial charge in [-0.05, 0) is 31.0 Å². The van der Waals surface area contributed by atoms with Crippen LogP contribution in [-0.4, -0.2) is 11.8 Å². The summed E-state index contributed by atoms with van der Waals surface area (Å²) in [6.45, 7) is 5.94. The highest BCUT2D eigenvalue weighted by atomic mass is 16.2. The first-order valence-electron chi connectivity index (χ1n) is 6.68. The zero-order valence-corrected chi connectivity index (χ0v) is 12.4. The summed E-state index contributed by atoms with van der Waals surface area (Å²) in [5, 5.41) is 13.8. The third-order valence-corrected chi connectivity index (χ3v) is 2.92. The van der Waals surface area contributed by atoms with E-state index in [1.165, 1.54) is 0 Å². The SMILES string of the molecule is C/C(=C\C(=O)Nc1cccc(NC(=O)CC#N)c1)C(C)C. The third-order valence-electron chi connectivity index (χ3n) is 2.92. The summed E-state index contributed by atoms with van der Waals surface area (Å²) in [6.07, 6.45) is 1.36. The number of carbonyl (C=O) groups excluding carboxylic acids is 2. The van der Waals surface area contributed by atoms with Crippen molar-refractivity contribution in [2.45, 2.75) is 27.2 Å². The predicted molar refractivity (Wildman–Crippen MR) is 82.5 cm³/mol. The number of rotatable bonds is 5. The molecule has 0 fully saturated rings. The minimum Gasteiger partial charge on any atom is -0.325 e. The molecule has 0 bridgehead atoms. The Balaban J connectivity index is 2.73. The van der Waals surface area contributed by atoms with Gasteiger partial charge in [0.2, 0.25) is 11.8 Å². The maximum absolute atomic E-state index is 11.8. The summed E-state index contributed by atoms with van der Waals surface area (Å²) in [6, 6.07) is 8.57. The third kappa shape index (κ3) is 5.91. The van der Waals surface area contributed by atoms with Gasteiger partial charge in [0, 0.05) is 17.5 Å². The summed E-state index contributed by atoms with van der Waals surface area (Å²) in [7, 11) is 0. The van der Waals surface area contributed by atoms with Gasteiger partial charge in [-0.1, -0.05) is 25.5 Å². The number of hydrogen-bond donors (Lipinski definition) is 2. The predicted octanol–water partition coefficient (Wildman–Crippen LogP) is 3.08. The normalized spacial score (nSPS) is 10.9. The highest BCUT2D eigenvalue weighted by Gasteiger charge is 2.05. The van der Waals surface area contributed by atoms with Crippen LogP contribution < -0.4 is 10.6 Å². The fraction of sp³-hybridized carbons (Fsp3) is 0.312. The summed E-state index contributed by atoms with van der Waals surface area (Å²) in [5.41, 5.74) is 2.12. The molecule has 5 heteroatoms. The molecule has 0 aliphatic carbocycles. The second kappa shape index (κ2) is 7.85. The highest BCUT2D eigenvalue weighted by Crippen LogP contribution is 2.16. The van der Waals surface area contributed by atoms with Crippen LogP contribution in [0.5, 0.6) is 0 Å². The van der Waals surface area contributed by atoms with Crippen molar-refractivity contribution >= 4 is 23.2 Å². The van der Waals surface area contributed by atoms with Crippen LogP contribution in [-0.2, 0) is 9.59 Å². The quantitative estimate of drug-likeness (QED) is 0.816. The Kier molecular flexibility index (Phi) is 6.15. The molecule has 5 nitrogen and oxygen atoms in total. The number of carbonyl (C=O) groups is 2. The molecule has 0 aromatic heterocycles. The van der Waals surface area contributed by atoms with Crippen molar-refractivity contribution in [1.82, 2.24) is 0 Å². The van der Waals surface area contributed by atoms with Crippen molar-refractivity contribution in [3.8, 4) is 6.07 Å². The zero-order chi connectivity index (χ0) is 15.8. The van der Waals surface area contributed by atoms with E-state index in [1.54, 1.807) is 36.4 Å². The van der Waals surface area contributed by atoms with Crippen molar-refractivity contribution in [3.05, 3.63) is 35.9 Å². The van der Waals surface area contributed by atoms with E-state index >= 15 is 0 Å². The fourth-order valence-electron chi connectivity index (χ4n) is 1.50. The Bertz CT molecular complexity index is 598. The van der Waals surface area contributed by atoms with Crippen molar-refractivity contribution in [1.29, 1.82) is 5.26 Å². The molecule has 110 valence electrons. The maximum atomic E-state index is 11.8. The summed E-state index contributed by atoms with van der Waals surface area (Å²) in [4.78, 5) is 23.2. The zero-order valence-electron chi connectivity index (χ0n) is 12.4. The van der Waals surface area contributed by atoms with E-state index in [-0.39, 0.29) is 18.2 Å². The molecule has 0 saturated carbocycles. The lowest BCUT2D eigenvalue weighted by Gasteiger charge is -2.08. The molecule has 0 heterocycles. The van der Waals surface area contributed by atoms with Crippen LogP contribution in [0, 0.1) is 17.2 Å². The number of allylic oxidation sites excluding steroid dienone is 1. The Morgan fingerprint density at radius 3 is 2.48 bits per heavy atom. The summed E-state index contributed by atoms with van der Waals surface area (Å²) >= 11 is 0. The number of amides is 2. The van der Waals surface area contributed by atoms with Gasteiger partial charge in [-0.15, -0.1) is 0 Å². The molecule has 0 atom stereocenters. The standard InChI is InChI=1S/C16H19N3O2/c1-11(2)12(3)9-16(21)19-14-6-4-5-13(10-14)18-15(20)7-8-17/h4-6,9-11H,7H2,1-3H3,(H,18,20)(H,19,21)/b12-9+. The Hall–Kier alpha value is -2.61. The van der Waals surface area contributed by atoms with Crippen LogP contribution >= 0.6 is 0 Å². The molecule has 0 spiro atoms. The van der Waals surface area contributed by atoms with Crippen LogP contribution in [0.2, 0.25) is 0 Å². The minimum absolute atomic E-state index is 0.201. The molecule has 0 radical (unpaired) electrons. The molecule has 2 N–H and O–H groups in total. The van der Waals surface area contributed by atoms with Crippen LogP contribution in [0.25, 0.3) is 0 Å². The van der Waals surface area contributed by atoms with E-state index in [0.717, 1.165) is 5.57 Å². The molecule has 0 saturated heterocycles. The van der Waals surface area contributed by atoms with Gasteiger partial charge in [0.05, 0.1) is 6.07 Å². The Morgan fingerprint density at radius 1 is 1.29 bits per heavy atom. The van der Waals surface area contributed by atoms with E-state index in [0.29, 0.717) is 17.3 Å². The van der Waals surface area contributed by atoms with E-state index in [4.69, 9.17) is 5.26 Å². The van der Waals surface area contributed by atoms with Gasteiger partial charge in [-0.25, -0.2) is 0 Å². The van der Waals surface area contributed by atoms with E-state index in [1.807, 2.05) is 20.8 Å². The first-order chi connectivity index (χ1) is 9.92. The molecule has 1 aromatic rings. The molecule has 2 amide bonds. The number of anilines is 2. The van der Waals surface area contributed by atoms with Gasteiger partial charge >= 0.3 is 0 Å². The molecular formula is C16H19N3O2. The largest absolute Gasteiger partial charge is 0.325 e. The van der Waals surface area contributed by atoms with Gasteiger partial charge in [0.1, 0.15) is 6.42 Å². The number of benzene rings is 1. The molecule has 1 rings (SSSR count). The molecular weight excluding hydrogens is 266 g/mol. The molecule has 21 heavy (non-hydrogen) atoms. The average Bonchev–Trinajstić information content (AvgIpc) is 2.38. The van der Waals surface area contributed by atoms with Crippen LogP contribution in [0.15, 0.2) is 35.9 Å². The van der Waals surface area contributed by atoms with Crippen LogP contribution in [0.4, 0.5) is 11.4 Å². The van der Waals surface area contributed by atoms with Gasteiger partial charge < -0.3 is 10.6 Å². The molecule has 0 aliphatic rings. The summed E-state index contributed by atoms with van der Waals surface area (Å²) in [5.74, 6) is -0.273. The van der Waals surface area contributed by atoms with Crippen LogP contribution in [0.3, 0.4) is 0 Å². The smallest absolute Gasteiger partial charge is 0.248 e.